The lowest BCUT2D eigenvalue weighted by atomic mass is 10.0. The molecule has 0 amide bonds. The van der Waals surface area contributed by atoms with E-state index in [0.717, 1.165) is 24.8 Å². The number of nitro benzene ring substituents is 1. The fraction of sp³-hybridized carbons (Fsp3) is 0.241. The summed E-state index contributed by atoms with van der Waals surface area (Å²) >= 11 is 0. The third kappa shape index (κ3) is 7.92. The largest absolute Gasteiger partial charge is 0.497 e. The van der Waals surface area contributed by atoms with Gasteiger partial charge in [-0.05, 0) is 79.8 Å². The van der Waals surface area contributed by atoms with Gasteiger partial charge in [0.25, 0.3) is 0 Å². The summed E-state index contributed by atoms with van der Waals surface area (Å²) in [7, 11) is 1.56. The van der Waals surface area contributed by atoms with Gasteiger partial charge < -0.3 is 18.9 Å². The Hall–Kier alpha value is -4.66. The quantitative estimate of drug-likeness (QED) is 0.0659. The van der Waals surface area contributed by atoms with E-state index in [9.17, 15) is 19.7 Å². The molecule has 0 N–H and O–H groups in total. The third-order valence-electron chi connectivity index (χ3n) is 5.51. The van der Waals surface area contributed by atoms with Gasteiger partial charge in [-0.15, -0.1) is 0 Å². The van der Waals surface area contributed by atoms with Gasteiger partial charge in [0.1, 0.15) is 11.5 Å². The van der Waals surface area contributed by atoms with Gasteiger partial charge in [0.15, 0.2) is 0 Å². The minimum absolute atomic E-state index is 0.147. The lowest BCUT2D eigenvalue weighted by Gasteiger charge is -2.09. The van der Waals surface area contributed by atoms with E-state index in [0.29, 0.717) is 35.8 Å². The monoisotopic (exact) mass is 519 g/mol. The van der Waals surface area contributed by atoms with Gasteiger partial charge in [0, 0.05) is 11.6 Å². The molecule has 0 atom stereocenters. The number of ether oxygens (including phenoxy) is 4. The Morgan fingerprint density at radius 1 is 0.868 bits per heavy atom. The number of esters is 2. The van der Waals surface area contributed by atoms with Crippen LogP contribution in [0.4, 0.5) is 5.69 Å². The van der Waals surface area contributed by atoms with E-state index in [1.165, 1.54) is 24.3 Å². The SMILES string of the molecule is C=C(C)C(=O)OCCCCCOc1ccc(C(=O)Oc2ccc(-c3ccc(OC)cc3)cc2[N+](=O)[O-])cc1. The number of nitrogens with zero attached hydrogens (tertiary/aromatic N) is 1. The summed E-state index contributed by atoms with van der Waals surface area (Å²) in [6.45, 7) is 5.93. The maximum Gasteiger partial charge on any atom is 0.343 e. The van der Waals surface area contributed by atoms with Crippen LogP contribution in [0.3, 0.4) is 0 Å². The molecule has 198 valence electrons. The van der Waals surface area contributed by atoms with Crippen LogP contribution in [0.2, 0.25) is 0 Å². The second kappa shape index (κ2) is 13.6. The van der Waals surface area contributed by atoms with Crippen molar-refractivity contribution in [2.75, 3.05) is 20.3 Å². The average Bonchev–Trinajstić information content (AvgIpc) is 2.92. The first kappa shape index (κ1) is 27.9. The summed E-state index contributed by atoms with van der Waals surface area (Å²) in [4.78, 5) is 35.0. The fourth-order valence-corrected chi connectivity index (χ4v) is 3.41. The van der Waals surface area contributed by atoms with Gasteiger partial charge in [0.05, 0.1) is 30.8 Å². The predicted octanol–water partition coefficient (Wildman–Crippen LogP) is 6.16. The summed E-state index contributed by atoms with van der Waals surface area (Å²) < 4.78 is 21.2. The molecule has 0 aliphatic carbocycles. The molecule has 0 spiro atoms. The number of nitro groups is 1. The summed E-state index contributed by atoms with van der Waals surface area (Å²) in [5.74, 6) is -0.0122. The summed E-state index contributed by atoms with van der Waals surface area (Å²) in [5.41, 5.74) is 1.65. The highest BCUT2D eigenvalue weighted by atomic mass is 16.6. The first-order valence-electron chi connectivity index (χ1n) is 12.0. The fourth-order valence-electron chi connectivity index (χ4n) is 3.41. The Labute approximate surface area is 220 Å². The Morgan fingerprint density at radius 3 is 2.13 bits per heavy atom. The molecule has 0 aliphatic rings. The van der Waals surface area contributed by atoms with Gasteiger partial charge in [0.2, 0.25) is 5.75 Å². The standard InChI is InChI=1S/C29H29NO8/c1-20(2)28(31)37-18-6-4-5-17-36-25-14-9-22(10-15-25)29(32)38-27-16-11-23(19-26(27)30(33)34)21-7-12-24(35-3)13-8-21/h7-16,19H,1,4-6,17-18H2,2-3H3. The summed E-state index contributed by atoms with van der Waals surface area (Å²) in [5, 5.41) is 11.7. The molecule has 0 aromatic heterocycles. The van der Waals surface area contributed by atoms with Crippen molar-refractivity contribution in [3.63, 3.8) is 0 Å². The number of rotatable bonds is 13. The van der Waals surface area contributed by atoms with Crippen molar-refractivity contribution in [2.45, 2.75) is 26.2 Å². The van der Waals surface area contributed by atoms with Gasteiger partial charge in [-0.3, -0.25) is 10.1 Å². The van der Waals surface area contributed by atoms with E-state index in [1.807, 2.05) is 0 Å². The maximum atomic E-state index is 12.6. The van der Waals surface area contributed by atoms with Crippen molar-refractivity contribution in [2.24, 2.45) is 0 Å². The van der Waals surface area contributed by atoms with Crippen LogP contribution in [-0.4, -0.2) is 37.2 Å². The number of unbranched alkanes of at least 4 members (excludes halogenated alkanes) is 2. The lowest BCUT2D eigenvalue weighted by Crippen LogP contribution is -2.10. The van der Waals surface area contributed by atoms with Crippen LogP contribution in [0.5, 0.6) is 17.2 Å². The number of hydrogen-bond donors (Lipinski definition) is 0. The molecule has 3 aromatic rings. The number of benzene rings is 3. The van der Waals surface area contributed by atoms with Gasteiger partial charge >= 0.3 is 17.6 Å². The zero-order valence-electron chi connectivity index (χ0n) is 21.3. The minimum Gasteiger partial charge on any atom is -0.497 e. The molecule has 0 heterocycles. The Balaban J connectivity index is 1.53. The molecule has 9 heteroatoms. The molecular formula is C29H29NO8. The first-order valence-corrected chi connectivity index (χ1v) is 12.0. The highest BCUT2D eigenvalue weighted by Gasteiger charge is 2.20. The maximum absolute atomic E-state index is 12.6. The van der Waals surface area contributed by atoms with Crippen molar-refractivity contribution >= 4 is 17.6 Å². The molecule has 0 unspecified atom stereocenters. The molecular weight excluding hydrogens is 490 g/mol. The molecule has 9 nitrogen and oxygen atoms in total. The van der Waals surface area contributed by atoms with Crippen LogP contribution in [-0.2, 0) is 9.53 Å². The second-order valence-electron chi connectivity index (χ2n) is 8.41. The van der Waals surface area contributed by atoms with E-state index in [4.69, 9.17) is 18.9 Å². The highest BCUT2D eigenvalue weighted by molar-refractivity contribution is 5.92. The Kier molecular flexibility index (Phi) is 9.99. The van der Waals surface area contributed by atoms with Crippen molar-refractivity contribution in [1.82, 2.24) is 0 Å². The molecule has 38 heavy (non-hydrogen) atoms. The second-order valence-corrected chi connectivity index (χ2v) is 8.41. The predicted molar refractivity (Wildman–Crippen MR) is 142 cm³/mol. The number of carbonyl (C=O) groups is 2. The normalized spacial score (nSPS) is 10.4. The van der Waals surface area contributed by atoms with Gasteiger partial charge in [-0.2, -0.15) is 0 Å². The molecule has 0 fully saturated rings. The molecule has 0 saturated heterocycles. The van der Waals surface area contributed by atoms with Crippen LogP contribution in [0.25, 0.3) is 11.1 Å². The zero-order valence-corrected chi connectivity index (χ0v) is 21.3. The van der Waals surface area contributed by atoms with E-state index in [1.54, 1.807) is 56.5 Å². The average molecular weight is 520 g/mol. The molecule has 0 aliphatic heterocycles. The van der Waals surface area contributed by atoms with E-state index in [-0.39, 0.29) is 23.0 Å². The summed E-state index contributed by atoms with van der Waals surface area (Å²) in [6, 6.07) is 17.8. The number of carbonyl (C=O) groups excluding carboxylic acids is 2. The van der Waals surface area contributed by atoms with E-state index >= 15 is 0 Å². The van der Waals surface area contributed by atoms with E-state index < -0.39 is 10.9 Å². The molecule has 3 aromatic carbocycles. The van der Waals surface area contributed by atoms with Crippen molar-refractivity contribution in [3.8, 4) is 28.4 Å². The van der Waals surface area contributed by atoms with E-state index in [2.05, 4.69) is 6.58 Å². The molecule has 0 radical (unpaired) electrons. The van der Waals surface area contributed by atoms with Crippen LogP contribution >= 0.6 is 0 Å². The lowest BCUT2D eigenvalue weighted by molar-refractivity contribution is -0.385. The number of hydrogen-bond acceptors (Lipinski definition) is 8. The van der Waals surface area contributed by atoms with Gasteiger partial charge in [-0.25, -0.2) is 9.59 Å². The molecule has 0 saturated carbocycles. The smallest absolute Gasteiger partial charge is 0.343 e. The number of methoxy groups -OCH3 is 1. The Morgan fingerprint density at radius 2 is 1.50 bits per heavy atom. The van der Waals surface area contributed by atoms with Crippen molar-refractivity contribution in [1.29, 1.82) is 0 Å². The Bertz CT molecular complexity index is 1280. The van der Waals surface area contributed by atoms with Crippen LogP contribution in [0, 0.1) is 10.1 Å². The molecule has 0 bridgehead atoms. The van der Waals surface area contributed by atoms with Crippen LogP contribution in [0.1, 0.15) is 36.5 Å². The van der Waals surface area contributed by atoms with Crippen molar-refractivity contribution in [3.05, 3.63) is 94.6 Å². The summed E-state index contributed by atoms with van der Waals surface area (Å²) in [6.07, 6.45) is 2.31. The topological polar surface area (TPSA) is 114 Å². The van der Waals surface area contributed by atoms with Crippen molar-refractivity contribution < 1.29 is 33.5 Å². The third-order valence-corrected chi connectivity index (χ3v) is 5.51. The van der Waals surface area contributed by atoms with Gasteiger partial charge in [-0.1, -0.05) is 24.8 Å². The van der Waals surface area contributed by atoms with Crippen LogP contribution in [0.15, 0.2) is 78.9 Å². The zero-order chi connectivity index (χ0) is 27.5. The molecule has 3 rings (SSSR count). The first-order chi connectivity index (χ1) is 18.3. The van der Waals surface area contributed by atoms with Crippen LogP contribution < -0.4 is 14.2 Å². The highest BCUT2D eigenvalue weighted by Crippen LogP contribution is 2.33. The minimum atomic E-state index is -0.721.